The fourth-order valence-corrected chi connectivity index (χ4v) is 4.13. The van der Waals surface area contributed by atoms with Gasteiger partial charge in [-0.05, 0) is 48.9 Å². The van der Waals surface area contributed by atoms with Gasteiger partial charge >= 0.3 is 0 Å². The maximum absolute atomic E-state index is 13.4. The molecule has 6 nitrogen and oxygen atoms in total. The summed E-state index contributed by atoms with van der Waals surface area (Å²) in [6.45, 7) is 0.758. The van der Waals surface area contributed by atoms with E-state index in [9.17, 15) is 4.79 Å². The van der Waals surface area contributed by atoms with Crippen molar-refractivity contribution in [1.82, 2.24) is 15.0 Å². The minimum absolute atomic E-state index is 0.0802. The van der Waals surface area contributed by atoms with Crippen molar-refractivity contribution < 1.29 is 14.1 Å². The molecule has 132 valence electrons. The fraction of sp³-hybridized carbons (Fsp3) is 0.526. The number of likely N-dealkylation sites (tertiary alicyclic amines) is 1. The second-order valence-corrected chi connectivity index (χ2v) is 6.84. The zero-order chi connectivity index (χ0) is 17.2. The third-order valence-electron chi connectivity index (χ3n) is 5.44. The van der Waals surface area contributed by atoms with Crippen LogP contribution in [0.25, 0.3) is 0 Å². The number of aryl methyl sites for hydroxylation is 1. The van der Waals surface area contributed by atoms with E-state index in [2.05, 4.69) is 16.2 Å². The first-order valence-corrected chi connectivity index (χ1v) is 9.01. The highest BCUT2D eigenvalue weighted by atomic mass is 16.5. The Hall–Kier alpha value is -2.37. The smallest absolute Gasteiger partial charge is 0.230 e. The number of fused-ring (bicyclic) bond motifs is 1. The highest BCUT2D eigenvalue weighted by molar-refractivity contribution is 5.85. The highest BCUT2D eigenvalue weighted by Gasteiger charge is 2.37. The molecule has 2 aliphatic rings. The molecule has 2 unspecified atom stereocenters. The van der Waals surface area contributed by atoms with E-state index in [1.54, 1.807) is 7.11 Å². The Labute approximate surface area is 147 Å². The van der Waals surface area contributed by atoms with Gasteiger partial charge in [0.2, 0.25) is 12.3 Å². The van der Waals surface area contributed by atoms with Crippen LogP contribution in [0.3, 0.4) is 0 Å². The van der Waals surface area contributed by atoms with Crippen molar-refractivity contribution in [3.05, 3.63) is 41.5 Å². The van der Waals surface area contributed by atoms with Crippen LogP contribution in [-0.4, -0.2) is 34.6 Å². The lowest BCUT2D eigenvalue weighted by Crippen LogP contribution is -2.38. The molecule has 0 spiro atoms. The van der Waals surface area contributed by atoms with E-state index in [0.717, 1.165) is 56.4 Å². The number of nitrogens with zero attached hydrogens (tertiary/aromatic N) is 3. The van der Waals surface area contributed by atoms with Gasteiger partial charge in [0, 0.05) is 6.54 Å². The van der Waals surface area contributed by atoms with Crippen molar-refractivity contribution in [3.63, 3.8) is 0 Å². The molecule has 0 saturated carbocycles. The quantitative estimate of drug-likeness (QED) is 0.857. The molecular formula is C19H23N3O3. The van der Waals surface area contributed by atoms with Gasteiger partial charge in [-0.1, -0.05) is 24.1 Å². The van der Waals surface area contributed by atoms with Crippen LogP contribution in [0.4, 0.5) is 0 Å². The molecule has 2 heterocycles. The zero-order valence-corrected chi connectivity index (χ0v) is 14.5. The van der Waals surface area contributed by atoms with Crippen LogP contribution >= 0.6 is 0 Å². The number of carbonyl (C=O) groups is 1. The number of methoxy groups -OCH3 is 1. The standard InChI is InChI=1S/C19H23N3O3/c1-24-14-8-6-13-7-9-15(16(13)11-14)19(23)22-10-4-2-3-5-17(22)18-20-12-25-21-18/h6,8,11-12,15,17H,2-5,7,9-10H2,1H3. The average molecular weight is 341 g/mol. The van der Waals surface area contributed by atoms with E-state index in [1.807, 2.05) is 17.0 Å². The summed E-state index contributed by atoms with van der Waals surface area (Å²) >= 11 is 0. The van der Waals surface area contributed by atoms with Crippen LogP contribution in [0.1, 0.15) is 61.0 Å². The maximum atomic E-state index is 13.4. The van der Waals surface area contributed by atoms with Gasteiger partial charge in [-0.25, -0.2) is 0 Å². The first kappa shape index (κ1) is 16.1. The van der Waals surface area contributed by atoms with E-state index >= 15 is 0 Å². The second-order valence-electron chi connectivity index (χ2n) is 6.84. The molecule has 1 fully saturated rings. The topological polar surface area (TPSA) is 68.5 Å². The number of carbonyl (C=O) groups excluding carboxylic acids is 1. The Morgan fingerprint density at radius 2 is 2.20 bits per heavy atom. The minimum Gasteiger partial charge on any atom is -0.497 e. The highest BCUT2D eigenvalue weighted by Crippen LogP contribution is 2.39. The van der Waals surface area contributed by atoms with Crippen LogP contribution in [0, 0.1) is 0 Å². The summed E-state index contributed by atoms with van der Waals surface area (Å²) < 4.78 is 10.3. The average Bonchev–Trinajstić information content (AvgIpc) is 3.25. The molecule has 2 aromatic rings. The summed E-state index contributed by atoms with van der Waals surface area (Å²) in [5.41, 5.74) is 2.37. The Balaban J connectivity index is 1.63. The number of hydrogen-bond donors (Lipinski definition) is 0. The van der Waals surface area contributed by atoms with Gasteiger partial charge in [0.15, 0.2) is 5.82 Å². The molecule has 1 aromatic heterocycles. The molecule has 1 amide bonds. The number of hydrogen-bond acceptors (Lipinski definition) is 5. The van der Waals surface area contributed by atoms with Crippen LogP contribution < -0.4 is 4.74 Å². The van der Waals surface area contributed by atoms with Crippen LogP contribution in [0.5, 0.6) is 5.75 Å². The zero-order valence-electron chi connectivity index (χ0n) is 14.5. The monoisotopic (exact) mass is 341 g/mol. The normalized spacial score (nSPS) is 23.2. The SMILES string of the molecule is COc1ccc2c(c1)C(C(=O)N1CCCCCC1c1ncon1)CC2. The Morgan fingerprint density at radius 1 is 1.28 bits per heavy atom. The van der Waals surface area contributed by atoms with Gasteiger partial charge < -0.3 is 14.2 Å². The summed E-state index contributed by atoms with van der Waals surface area (Å²) in [6.07, 6.45) is 7.28. The van der Waals surface area contributed by atoms with Crippen LogP contribution in [-0.2, 0) is 11.2 Å². The van der Waals surface area contributed by atoms with Gasteiger partial charge in [0.1, 0.15) is 5.75 Å². The van der Waals surface area contributed by atoms with E-state index in [-0.39, 0.29) is 17.9 Å². The van der Waals surface area contributed by atoms with Gasteiger partial charge in [-0.2, -0.15) is 4.98 Å². The second kappa shape index (κ2) is 6.86. The summed E-state index contributed by atoms with van der Waals surface area (Å²) in [7, 11) is 1.66. The first-order valence-electron chi connectivity index (χ1n) is 9.01. The third kappa shape index (κ3) is 3.01. The summed E-state index contributed by atoms with van der Waals surface area (Å²) in [6, 6.07) is 6.00. The molecule has 0 N–H and O–H groups in total. The molecule has 0 radical (unpaired) electrons. The molecule has 2 atom stereocenters. The maximum Gasteiger partial charge on any atom is 0.230 e. The van der Waals surface area contributed by atoms with Crippen LogP contribution in [0.2, 0.25) is 0 Å². The molecule has 4 rings (SSSR count). The number of benzene rings is 1. The summed E-state index contributed by atoms with van der Waals surface area (Å²) in [4.78, 5) is 19.6. The fourth-order valence-electron chi connectivity index (χ4n) is 4.13. The van der Waals surface area contributed by atoms with Crippen molar-refractivity contribution >= 4 is 5.91 Å². The van der Waals surface area contributed by atoms with Gasteiger partial charge in [0.25, 0.3) is 0 Å². The molecule has 1 saturated heterocycles. The number of ether oxygens (including phenoxy) is 1. The van der Waals surface area contributed by atoms with Crippen molar-refractivity contribution in [3.8, 4) is 5.75 Å². The van der Waals surface area contributed by atoms with Crippen molar-refractivity contribution in [2.75, 3.05) is 13.7 Å². The lowest BCUT2D eigenvalue weighted by Gasteiger charge is -2.30. The largest absolute Gasteiger partial charge is 0.497 e. The Morgan fingerprint density at radius 3 is 3.00 bits per heavy atom. The predicted molar refractivity (Wildman–Crippen MR) is 91.3 cm³/mol. The molecule has 1 aliphatic carbocycles. The summed E-state index contributed by atoms with van der Waals surface area (Å²) in [5, 5.41) is 4.01. The molecular weight excluding hydrogens is 318 g/mol. The van der Waals surface area contributed by atoms with Crippen molar-refractivity contribution in [1.29, 1.82) is 0 Å². The van der Waals surface area contributed by atoms with Gasteiger partial charge in [-0.15, -0.1) is 0 Å². The third-order valence-corrected chi connectivity index (χ3v) is 5.44. The van der Waals surface area contributed by atoms with E-state index in [1.165, 1.54) is 12.0 Å². The van der Waals surface area contributed by atoms with Crippen molar-refractivity contribution in [2.45, 2.75) is 50.5 Å². The predicted octanol–water partition coefficient (Wildman–Crippen LogP) is 3.25. The lowest BCUT2D eigenvalue weighted by atomic mass is 9.98. The minimum atomic E-state index is -0.0994. The molecule has 1 aliphatic heterocycles. The molecule has 25 heavy (non-hydrogen) atoms. The summed E-state index contributed by atoms with van der Waals surface area (Å²) in [5.74, 6) is 1.52. The van der Waals surface area contributed by atoms with Crippen LogP contribution in [0.15, 0.2) is 29.1 Å². The van der Waals surface area contributed by atoms with Gasteiger partial charge in [0.05, 0.1) is 19.1 Å². The molecule has 0 bridgehead atoms. The Bertz CT molecular complexity index is 744. The van der Waals surface area contributed by atoms with E-state index < -0.39 is 0 Å². The number of rotatable bonds is 3. The van der Waals surface area contributed by atoms with E-state index in [0.29, 0.717) is 5.82 Å². The molecule has 6 heteroatoms. The number of aromatic nitrogens is 2. The van der Waals surface area contributed by atoms with Crippen molar-refractivity contribution in [2.24, 2.45) is 0 Å². The molecule has 1 aromatic carbocycles. The lowest BCUT2D eigenvalue weighted by molar-refractivity contribution is -0.135. The Kier molecular flexibility index (Phi) is 4.42. The van der Waals surface area contributed by atoms with Gasteiger partial charge in [-0.3, -0.25) is 4.79 Å². The number of amides is 1. The van der Waals surface area contributed by atoms with E-state index in [4.69, 9.17) is 9.26 Å². The first-order chi connectivity index (χ1) is 12.3.